The van der Waals surface area contributed by atoms with E-state index in [0.29, 0.717) is 17.8 Å². The van der Waals surface area contributed by atoms with Crippen LogP contribution in [-0.4, -0.2) is 16.0 Å². The lowest BCUT2D eigenvalue weighted by atomic mass is 10.2. The van der Waals surface area contributed by atoms with Crippen LogP contribution in [0.25, 0.3) is 11.3 Å². The second-order valence-electron chi connectivity index (χ2n) is 5.42. The number of alkyl halides is 3. The van der Waals surface area contributed by atoms with Crippen LogP contribution in [0.5, 0.6) is 0 Å². The first-order valence-corrected chi connectivity index (χ1v) is 7.65. The van der Waals surface area contributed by atoms with Crippen LogP contribution < -0.4 is 10.6 Å². The van der Waals surface area contributed by atoms with E-state index in [0.717, 1.165) is 11.6 Å². The highest BCUT2D eigenvalue weighted by molar-refractivity contribution is 5.99. The van der Waals surface area contributed by atoms with E-state index in [1.165, 1.54) is 6.07 Å². The molecule has 0 fully saturated rings. The summed E-state index contributed by atoms with van der Waals surface area (Å²) in [4.78, 5) is 20.2. The molecule has 0 unspecified atom stereocenters. The van der Waals surface area contributed by atoms with Crippen molar-refractivity contribution < 1.29 is 22.4 Å². The van der Waals surface area contributed by atoms with Crippen LogP contribution in [0.1, 0.15) is 5.56 Å². The molecule has 9 heteroatoms. The van der Waals surface area contributed by atoms with Gasteiger partial charge in [-0.25, -0.2) is 14.2 Å². The minimum Gasteiger partial charge on any atom is -0.308 e. The number of nitrogens with one attached hydrogen (secondary N) is 2. The molecule has 138 valence electrons. The number of hydrogen-bond donors (Lipinski definition) is 2. The number of urea groups is 1. The van der Waals surface area contributed by atoms with Crippen LogP contribution in [-0.2, 0) is 6.18 Å². The number of halogens is 4. The number of carbonyl (C=O) groups excluding carboxylic acids is 1. The predicted octanol–water partition coefficient (Wildman–Crippen LogP) is 4.95. The number of hydrogen-bond acceptors (Lipinski definition) is 3. The number of nitrogens with zero attached hydrogens (tertiary/aromatic N) is 2. The summed E-state index contributed by atoms with van der Waals surface area (Å²) in [6, 6.07) is 9.78. The Labute approximate surface area is 151 Å². The Kier molecular flexibility index (Phi) is 5.02. The molecule has 1 aromatic carbocycles. The van der Waals surface area contributed by atoms with Gasteiger partial charge in [0.15, 0.2) is 0 Å². The van der Waals surface area contributed by atoms with Crippen molar-refractivity contribution in [2.24, 2.45) is 0 Å². The lowest BCUT2D eigenvalue weighted by Crippen LogP contribution is -2.20. The number of anilines is 2. The van der Waals surface area contributed by atoms with Crippen LogP contribution in [0.2, 0.25) is 0 Å². The normalized spacial score (nSPS) is 11.1. The Bertz CT molecular complexity index is 961. The van der Waals surface area contributed by atoms with Gasteiger partial charge < -0.3 is 5.32 Å². The van der Waals surface area contributed by atoms with Gasteiger partial charge in [-0.1, -0.05) is 6.07 Å². The predicted molar refractivity (Wildman–Crippen MR) is 91.5 cm³/mol. The van der Waals surface area contributed by atoms with Gasteiger partial charge in [-0.3, -0.25) is 10.3 Å². The minimum absolute atomic E-state index is 0.194. The molecule has 0 spiro atoms. The smallest absolute Gasteiger partial charge is 0.308 e. The summed E-state index contributed by atoms with van der Waals surface area (Å²) >= 11 is 0. The highest BCUT2D eigenvalue weighted by atomic mass is 19.4. The van der Waals surface area contributed by atoms with Crippen LogP contribution in [0, 0.1) is 5.82 Å². The summed E-state index contributed by atoms with van der Waals surface area (Å²) in [5.74, 6) is -1.22. The second-order valence-corrected chi connectivity index (χ2v) is 5.42. The number of carbonyl (C=O) groups is 1. The highest BCUT2D eigenvalue weighted by Gasteiger charge is 2.34. The fourth-order valence-corrected chi connectivity index (χ4v) is 2.29. The SMILES string of the molecule is O=C(Nc1ccc(F)c(C(F)(F)F)c1)Nc1cccc(-c2ccncc2)n1. The topological polar surface area (TPSA) is 66.9 Å². The summed E-state index contributed by atoms with van der Waals surface area (Å²) in [5.41, 5.74) is -0.302. The van der Waals surface area contributed by atoms with Gasteiger partial charge >= 0.3 is 12.2 Å². The maximum atomic E-state index is 13.3. The summed E-state index contributed by atoms with van der Waals surface area (Å²) in [6.45, 7) is 0. The van der Waals surface area contributed by atoms with Crippen LogP contribution in [0.3, 0.4) is 0 Å². The summed E-state index contributed by atoms with van der Waals surface area (Å²) in [5, 5.41) is 4.64. The zero-order valence-corrected chi connectivity index (χ0v) is 13.6. The molecule has 27 heavy (non-hydrogen) atoms. The van der Waals surface area contributed by atoms with E-state index >= 15 is 0 Å². The molecule has 0 aliphatic rings. The Morgan fingerprint density at radius 3 is 2.41 bits per heavy atom. The lowest BCUT2D eigenvalue weighted by molar-refractivity contribution is -0.139. The molecule has 0 radical (unpaired) electrons. The molecule has 2 aromatic heterocycles. The van der Waals surface area contributed by atoms with Crippen LogP contribution in [0.4, 0.5) is 33.9 Å². The Morgan fingerprint density at radius 2 is 1.70 bits per heavy atom. The average molecular weight is 376 g/mol. The van der Waals surface area contributed by atoms with Crippen LogP contribution >= 0.6 is 0 Å². The zero-order chi connectivity index (χ0) is 19.4. The van der Waals surface area contributed by atoms with E-state index in [4.69, 9.17) is 0 Å². The van der Waals surface area contributed by atoms with E-state index in [1.807, 2.05) is 0 Å². The highest BCUT2D eigenvalue weighted by Crippen LogP contribution is 2.33. The molecule has 5 nitrogen and oxygen atoms in total. The van der Waals surface area contributed by atoms with E-state index in [2.05, 4.69) is 20.6 Å². The summed E-state index contributed by atoms with van der Waals surface area (Å²) in [7, 11) is 0. The number of aromatic nitrogens is 2. The largest absolute Gasteiger partial charge is 0.419 e. The second kappa shape index (κ2) is 7.40. The molecule has 0 aliphatic heterocycles. The van der Waals surface area contributed by atoms with Crippen molar-refractivity contribution in [1.82, 2.24) is 9.97 Å². The molecule has 2 heterocycles. The Balaban J connectivity index is 1.74. The molecule has 2 amide bonds. The number of rotatable bonds is 3. The molecule has 0 aliphatic carbocycles. The zero-order valence-electron chi connectivity index (χ0n) is 13.6. The first-order valence-electron chi connectivity index (χ1n) is 7.65. The molecule has 3 rings (SSSR count). The molecule has 0 saturated heterocycles. The molecule has 2 N–H and O–H groups in total. The maximum absolute atomic E-state index is 13.3. The lowest BCUT2D eigenvalue weighted by Gasteiger charge is -2.12. The fraction of sp³-hybridized carbons (Fsp3) is 0.0556. The van der Waals surface area contributed by atoms with Crippen molar-refractivity contribution in [3.63, 3.8) is 0 Å². The number of pyridine rings is 2. The molecular formula is C18H12F4N4O. The van der Waals surface area contributed by atoms with Gasteiger partial charge in [0.25, 0.3) is 0 Å². The van der Waals surface area contributed by atoms with E-state index in [9.17, 15) is 22.4 Å². The molecular weight excluding hydrogens is 364 g/mol. The van der Waals surface area contributed by atoms with Gasteiger partial charge in [-0.05, 0) is 42.5 Å². The van der Waals surface area contributed by atoms with Crippen molar-refractivity contribution in [3.05, 3.63) is 72.3 Å². The third-order valence-corrected chi connectivity index (χ3v) is 3.50. The van der Waals surface area contributed by atoms with E-state index in [-0.39, 0.29) is 11.5 Å². The maximum Gasteiger partial charge on any atom is 0.419 e. The third-order valence-electron chi connectivity index (χ3n) is 3.50. The van der Waals surface area contributed by atoms with Gasteiger partial charge in [0.2, 0.25) is 0 Å². The third kappa shape index (κ3) is 4.57. The quantitative estimate of drug-likeness (QED) is 0.636. The van der Waals surface area contributed by atoms with Crippen molar-refractivity contribution in [3.8, 4) is 11.3 Å². The first-order chi connectivity index (χ1) is 12.8. The van der Waals surface area contributed by atoms with E-state index < -0.39 is 23.6 Å². The minimum atomic E-state index is -4.86. The van der Waals surface area contributed by atoms with Crippen LogP contribution in [0.15, 0.2) is 60.9 Å². The molecule has 0 saturated carbocycles. The van der Waals surface area contributed by atoms with Crippen molar-refractivity contribution >= 4 is 17.5 Å². The molecule has 0 atom stereocenters. The molecule has 3 aromatic rings. The summed E-state index contributed by atoms with van der Waals surface area (Å²) in [6.07, 6.45) is -1.67. The average Bonchev–Trinajstić information content (AvgIpc) is 2.63. The Hall–Kier alpha value is -3.49. The van der Waals surface area contributed by atoms with Gasteiger partial charge in [-0.2, -0.15) is 13.2 Å². The van der Waals surface area contributed by atoms with Crippen molar-refractivity contribution in [1.29, 1.82) is 0 Å². The van der Waals surface area contributed by atoms with Gasteiger partial charge in [0, 0.05) is 23.6 Å². The number of amides is 2. The first kappa shape index (κ1) is 18.3. The van der Waals surface area contributed by atoms with Crippen molar-refractivity contribution in [2.45, 2.75) is 6.18 Å². The molecule has 0 bridgehead atoms. The standard InChI is InChI=1S/C18H12F4N4O/c19-14-5-4-12(10-13(14)18(20,21)22)24-17(27)26-16-3-1-2-15(25-16)11-6-8-23-9-7-11/h1-10H,(H2,24,25,26,27). The monoisotopic (exact) mass is 376 g/mol. The summed E-state index contributed by atoms with van der Waals surface area (Å²) < 4.78 is 51.5. The van der Waals surface area contributed by atoms with Crippen molar-refractivity contribution in [2.75, 3.05) is 10.6 Å². The van der Waals surface area contributed by atoms with Gasteiger partial charge in [0.05, 0.1) is 11.3 Å². The van der Waals surface area contributed by atoms with Gasteiger partial charge in [0.1, 0.15) is 11.6 Å². The Morgan fingerprint density at radius 1 is 0.963 bits per heavy atom. The fourth-order valence-electron chi connectivity index (χ4n) is 2.29. The van der Waals surface area contributed by atoms with E-state index in [1.54, 1.807) is 36.7 Å². The number of benzene rings is 1. The van der Waals surface area contributed by atoms with Gasteiger partial charge in [-0.15, -0.1) is 0 Å².